The fraction of sp³-hybridized carbons (Fsp3) is 0.160. The number of ether oxygens (including phenoxy) is 1. The first kappa shape index (κ1) is 24.0. The van der Waals surface area contributed by atoms with Crippen molar-refractivity contribution in [3.63, 3.8) is 0 Å². The molecule has 10 heteroatoms. The molecule has 0 bridgehead atoms. The highest BCUT2D eigenvalue weighted by Crippen LogP contribution is 2.29. The van der Waals surface area contributed by atoms with Gasteiger partial charge in [0.15, 0.2) is 6.10 Å². The molecule has 0 aliphatic carbocycles. The smallest absolute Gasteiger partial charge is 0.338 e. The Bertz CT molecular complexity index is 1400. The second-order valence-corrected chi connectivity index (χ2v) is 9.72. The number of sulfonamides is 1. The van der Waals surface area contributed by atoms with Crippen molar-refractivity contribution < 1.29 is 27.5 Å². The standard InChI is InChI=1S/C25H23N3O6S/c1-16-10-12-19(13-11-16)27-35(32,33)20-7-5-6-18(14-20)25(31)34-17(2)24(30)28-15-23(29)26-21-8-3-4-9-22(21)28/h3-14,17,27H,15H2,1-2H3,(H,26,29). The molecule has 2 amide bonds. The molecular formula is C25H23N3O6S. The second kappa shape index (κ2) is 9.59. The lowest BCUT2D eigenvalue weighted by atomic mass is 10.1. The van der Waals surface area contributed by atoms with Crippen LogP contribution in [0.4, 0.5) is 17.1 Å². The predicted molar refractivity (Wildman–Crippen MR) is 131 cm³/mol. The molecule has 0 fully saturated rings. The first-order valence-electron chi connectivity index (χ1n) is 10.7. The fourth-order valence-corrected chi connectivity index (χ4v) is 4.66. The number of rotatable bonds is 6. The summed E-state index contributed by atoms with van der Waals surface area (Å²) in [6.07, 6.45) is -1.22. The van der Waals surface area contributed by atoms with Gasteiger partial charge < -0.3 is 10.1 Å². The third-order valence-electron chi connectivity index (χ3n) is 5.35. The van der Waals surface area contributed by atoms with Gasteiger partial charge in [0, 0.05) is 5.69 Å². The summed E-state index contributed by atoms with van der Waals surface area (Å²) in [6, 6.07) is 19.0. The highest BCUT2D eigenvalue weighted by molar-refractivity contribution is 7.92. The van der Waals surface area contributed by atoms with E-state index in [1.54, 1.807) is 48.5 Å². The number of carbonyl (C=O) groups excluding carboxylic acids is 3. The van der Waals surface area contributed by atoms with Gasteiger partial charge in [0.2, 0.25) is 5.91 Å². The molecule has 0 radical (unpaired) electrons. The lowest BCUT2D eigenvalue weighted by Crippen LogP contribution is -2.47. The number of nitrogens with zero attached hydrogens (tertiary/aromatic N) is 1. The number of aryl methyl sites for hydroxylation is 1. The summed E-state index contributed by atoms with van der Waals surface area (Å²) in [4.78, 5) is 38.9. The maximum atomic E-state index is 13.0. The Kier molecular flexibility index (Phi) is 6.57. The van der Waals surface area contributed by atoms with Gasteiger partial charge in [-0.15, -0.1) is 0 Å². The van der Waals surface area contributed by atoms with Crippen molar-refractivity contribution in [3.05, 3.63) is 83.9 Å². The van der Waals surface area contributed by atoms with Crippen molar-refractivity contribution >= 4 is 44.9 Å². The summed E-state index contributed by atoms with van der Waals surface area (Å²) in [7, 11) is -3.96. The highest BCUT2D eigenvalue weighted by Gasteiger charge is 2.31. The first-order valence-corrected chi connectivity index (χ1v) is 12.2. The third kappa shape index (κ3) is 5.33. The van der Waals surface area contributed by atoms with E-state index in [2.05, 4.69) is 10.0 Å². The topological polar surface area (TPSA) is 122 Å². The largest absolute Gasteiger partial charge is 0.449 e. The number of benzene rings is 3. The molecule has 35 heavy (non-hydrogen) atoms. The summed E-state index contributed by atoms with van der Waals surface area (Å²) < 4.78 is 33.4. The van der Waals surface area contributed by atoms with Crippen molar-refractivity contribution in [1.82, 2.24) is 0 Å². The van der Waals surface area contributed by atoms with E-state index in [0.717, 1.165) is 5.56 Å². The molecule has 180 valence electrons. The normalized spacial score (nSPS) is 13.9. The molecule has 0 spiro atoms. The van der Waals surface area contributed by atoms with Crippen molar-refractivity contribution in [2.75, 3.05) is 21.5 Å². The summed E-state index contributed by atoms with van der Waals surface area (Å²) in [5.41, 5.74) is 2.31. The summed E-state index contributed by atoms with van der Waals surface area (Å²) >= 11 is 0. The molecule has 0 saturated heterocycles. The van der Waals surface area contributed by atoms with Crippen LogP contribution < -0.4 is 14.9 Å². The maximum Gasteiger partial charge on any atom is 0.338 e. The summed E-state index contributed by atoms with van der Waals surface area (Å²) in [5.74, 6) is -1.81. The number of hydrogen-bond acceptors (Lipinski definition) is 6. The average Bonchev–Trinajstić information content (AvgIpc) is 2.84. The Hall–Kier alpha value is -4.18. The number of carbonyl (C=O) groups is 3. The number of fused-ring (bicyclic) bond motifs is 1. The minimum Gasteiger partial charge on any atom is -0.449 e. The van der Waals surface area contributed by atoms with Crippen LogP contribution in [0, 0.1) is 6.92 Å². The Morgan fingerprint density at radius 2 is 1.74 bits per heavy atom. The van der Waals surface area contributed by atoms with Crippen LogP contribution in [0.25, 0.3) is 0 Å². The van der Waals surface area contributed by atoms with E-state index in [-0.39, 0.29) is 22.9 Å². The van der Waals surface area contributed by atoms with Gasteiger partial charge in [-0.2, -0.15) is 0 Å². The fourth-order valence-electron chi connectivity index (χ4n) is 3.55. The van der Waals surface area contributed by atoms with Crippen molar-refractivity contribution in [2.24, 2.45) is 0 Å². The summed E-state index contributed by atoms with van der Waals surface area (Å²) in [6.45, 7) is 3.07. The van der Waals surface area contributed by atoms with Gasteiger partial charge in [-0.1, -0.05) is 35.9 Å². The van der Waals surface area contributed by atoms with Gasteiger partial charge in [-0.3, -0.25) is 19.2 Å². The molecule has 1 atom stereocenters. The minimum atomic E-state index is -3.96. The van der Waals surface area contributed by atoms with E-state index in [1.807, 2.05) is 6.92 Å². The van der Waals surface area contributed by atoms with Crippen LogP contribution in [-0.2, 0) is 24.3 Å². The zero-order valence-corrected chi connectivity index (χ0v) is 19.8. The average molecular weight is 494 g/mol. The van der Waals surface area contributed by atoms with Crippen molar-refractivity contribution in [2.45, 2.75) is 24.8 Å². The van der Waals surface area contributed by atoms with E-state index >= 15 is 0 Å². The quantitative estimate of drug-likeness (QED) is 0.508. The number of esters is 1. The van der Waals surface area contributed by atoms with Crippen LogP contribution in [0.3, 0.4) is 0 Å². The molecule has 1 heterocycles. The van der Waals surface area contributed by atoms with Gasteiger partial charge in [0.05, 0.1) is 21.8 Å². The van der Waals surface area contributed by atoms with E-state index in [1.165, 1.54) is 36.1 Å². The molecule has 3 aromatic carbocycles. The van der Waals surface area contributed by atoms with E-state index in [9.17, 15) is 22.8 Å². The maximum absolute atomic E-state index is 13.0. The zero-order valence-electron chi connectivity index (χ0n) is 19.0. The van der Waals surface area contributed by atoms with E-state index in [0.29, 0.717) is 17.1 Å². The highest BCUT2D eigenvalue weighted by atomic mass is 32.2. The van der Waals surface area contributed by atoms with Crippen LogP contribution >= 0.6 is 0 Å². The monoisotopic (exact) mass is 493 g/mol. The van der Waals surface area contributed by atoms with Gasteiger partial charge in [-0.05, 0) is 56.3 Å². The zero-order chi connectivity index (χ0) is 25.2. The molecule has 9 nitrogen and oxygen atoms in total. The molecule has 3 aromatic rings. The van der Waals surface area contributed by atoms with Crippen molar-refractivity contribution in [3.8, 4) is 0 Å². The number of amides is 2. The number of nitrogens with one attached hydrogen (secondary N) is 2. The Morgan fingerprint density at radius 1 is 1.03 bits per heavy atom. The summed E-state index contributed by atoms with van der Waals surface area (Å²) in [5, 5.41) is 2.69. The molecule has 1 aliphatic rings. The molecule has 2 N–H and O–H groups in total. The van der Waals surface area contributed by atoms with Gasteiger partial charge in [-0.25, -0.2) is 13.2 Å². The Morgan fingerprint density at radius 3 is 2.49 bits per heavy atom. The van der Waals surface area contributed by atoms with Crippen LogP contribution in [0.5, 0.6) is 0 Å². The third-order valence-corrected chi connectivity index (χ3v) is 6.73. The predicted octanol–water partition coefficient (Wildman–Crippen LogP) is 3.33. The van der Waals surface area contributed by atoms with Crippen LogP contribution in [0.1, 0.15) is 22.8 Å². The molecule has 0 aromatic heterocycles. The number of para-hydroxylation sites is 2. The minimum absolute atomic E-state index is 0.0341. The second-order valence-electron chi connectivity index (χ2n) is 8.04. The van der Waals surface area contributed by atoms with Gasteiger partial charge in [0.25, 0.3) is 15.9 Å². The van der Waals surface area contributed by atoms with Crippen LogP contribution in [-0.4, -0.2) is 38.9 Å². The van der Waals surface area contributed by atoms with Gasteiger partial charge >= 0.3 is 5.97 Å². The first-order chi connectivity index (χ1) is 16.6. The Balaban J connectivity index is 1.48. The molecule has 1 aliphatic heterocycles. The van der Waals surface area contributed by atoms with Crippen LogP contribution in [0.2, 0.25) is 0 Å². The Labute approximate surface area is 202 Å². The van der Waals surface area contributed by atoms with Crippen molar-refractivity contribution in [1.29, 1.82) is 0 Å². The van der Waals surface area contributed by atoms with Crippen LogP contribution in [0.15, 0.2) is 77.7 Å². The molecule has 0 saturated carbocycles. The number of anilines is 3. The van der Waals surface area contributed by atoms with E-state index < -0.39 is 28.0 Å². The molecule has 1 unspecified atom stereocenters. The molecular weight excluding hydrogens is 470 g/mol. The lowest BCUT2D eigenvalue weighted by Gasteiger charge is -2.30. The molecule has 4 rings (SSSR count). The SMILES string of the molecule is Cc1ccc(NS(=O)(=O)c2cccc(C(=O)OC(C)C(=O)N3CC(=O)Nc4ccccc43)c2)cc1. The van der Waals surface area contributed by atoms with Gasteiger partial charge in [0.1, 0.15) is 6.54 Å². The van der Waals surface area contributed by atoms with E-state index in [4.69, 9.17) is 4.74 Å². The lowest BCUT2D eigenvalue weighted by molar-refractivity contribution is -0.128. The number of hydrogen-bond donors (Lipinski definition) is 2.